The van der Waals surface area contributed by atoms with E-state index in [2.05, 4.69) is 0 Å². The minimum atomic E-state index is -0.0837. The number of hydrogen-bond acceptors (Lipinski definition) is 3. The van der Waals surface area contributed by atoms with Gasteiger partial charge in [0.25, 0.3) is 0 Å². The monoisotopic (exact) mass is 213 g/mol. The molecule has 0 spiro atoms. The Balaban J connectivity index is 2.58. The molecular weight excluding hydrogens is 202 g/mol. The van der Waals surface area contributed by atoms with Crippen molar-refractivity contribution in [2.24, 2.45) is 5.73 Å². The molecular formula is C10H12ClNO2. The van der Waals surface area contributed by atoms with E-state index in [0.717, 1.165) is 17.5 Å². The molecule has 0 saturated heterocycles. The second-order valence-electron chi connectivity index (χ2n) is 3.35. The Bertz CT molecular complexity index is 354. The van der Waals surface area contributed by atoms with Crippen LogP contribution in [0.15, 0.2) is 12.1 Å². The molecule has 1 aliphatic heterocycles. The third kappa shape index (κ3) is 1.47. The Morgan fingerprint density at radius 2 is 2.36 bits per heavy atom. The lowest BCUT2D eigenvalue weighted by Crippen LogP contribution is -2.22. The average molecular weight is 214 g/mol. The number of benzene rings is 1. The number of aliphatic hydroxyl groups excluding tert-OH is 1. The van der Waals surface area contributed by atoms with Crippen molar-refractivity contribution in [2.75, 3.05) is 6.61 Å². The summed E-state index contributed by atoms with van der Waals surface area (Å²) in [7, 11) is 0. The quantitative estimate of drug-likeness (QED) is 0.746. The summed E-state index contributed by atoms with van der Waals surface area (Å²) in [6.45, 7) is 0.555. The smallest absolute Gasteiger partial charge is 0.143 e. The summed E-state index contributed by atoms with van der Waals surface area (Å²) < 4.78 is 5.44. The van der Waals surface area contributed by atoms with Gasteiger partial charge < -0.3 is 15.6 Å². The van der Waals surface area contributed by atoms with Crippen LogP contribution in [0, 0.1) is 0 Å². The SMILES string of the molecule is N[C@H]1CCOc2c(Cl)ccc(CO)c21. The van der Waals surface area contributed by atoms with E-state index in [1.807, 2.05) is 0 Å². The minimum absolute atomic E-state index is 0.0312. The standard InChI is InChI=1S/C10H12ClNO2/c11-7-2-1-6(5-13)9-8(12)3-4-14-10(7)9/h1-2,8,13H,3-5,12H2/t8-/m0/s1. The van der Waals surface area contributed by atoms with Crippen LogP contribution < -0.4 is 10.5 Å². The summed E-state index contributed by atoms with van der Waals surface area (Å²) in [5.74, 6) is 0.636. The molecule has 0 aromatic heterocycles. The molecule has 1 aromatic rings. The molecule has 0 aliphatic carbocycles. The van der Waals surface area contributed by atoms with Gasteiger partial charge in [0, 0.05) is 18.0 Å². The summed E-state index contributed by atoms with van der Waals surface area (Å²) in [6, 6.07) is 3.43. The van der Waals surface area contributed by atoms with E-state index in [4.69, 9.17) is 27.2 Å². The molecule has 0 unspecified atom stereocenters. The lowest BCUT2D eigenvalue weighted by Gasteiger charge is -2.25. The van der Waals surface area contributed by atoms with Crippen LogP contribution in [0.1, 0.15) is 23.6 Å². The molecule has 0 fully saturated rings. The van der Waals surface area contributed by atoms with Crippen LogP contribution in [0.5, 0.6) is 5.75 Å². The lowest BCUT2D eigenvalue weighted by atomic mass is 9.96. The molecule has 0 radical (unpaired) electrons. The second kappa shape index (κ2) is 3.77. The number of nitrogens with two attached hydrogens (primary N) is 1. The van der Waals surface area contributed by atoms with E-state index in [-0.39, 0.29) is 12.6 Å². The Morgan fingerprint density at radius 3 is 3.07 bits per heavy atom. The van der Waals surface area contributed by atoms with E-state index in [0.29, 0.717) is 17.4 Å². The Hall–Kier alpha value is -0.770. The first-order valence-corrected chi connectivity index (χ1v) is 4.92. The Labute approximate surface area is 87.4 Å². The molecule has 0 saturated carbocycles. The highest BCUT2D eigenvalue weighted by molar-refractivity contribution is 6.32. The number of ether oxygens (including phenoxy) is 1. The zero-order valence-corrected chi connectivity index (χ0v) is 8.42. The molecule has 1 aliphatic rings. The van der Waals surface area contributed by atoms with E-state index < -0.39 is 0 Å². The summed E-state index contributed by atoms with van der Waals surface area (Å²) in [5, 5.41) is 9.71. The molecule has 1 heterocycles. The fourth-order valence-corrected chi connectivity index (χ4v) is 1.96. The molecule has 14 heavy (non-hydrogen) atoms. The van der Waals surface area contributed by atoms with Crippen molar-refractivity contribution in [1.29, 1.82) is 0 Å². The average Bonchev–Trinajstić information content (AvgIpc) is 2.20. The maximum absolute atomic E-state index is 9.15. The van der Waals surface area contributed by atoms with Gasteiger partial charge in [-0.3, -0.25) is 0 Å². The van der Waals surface area contributed by atoms with E-state index in [9.17, 15) is 0 Å². The van der Waals surface area contributed by atoms with Gasteiger partial charge in [-0.1, -0.05) is 17.7 Å². The van der Waals surface area contributed by atoms with Crippen molar-refractivity contribution in [3.05, 3.63) is 28.3 Å². The summed E-state index contributed by atoms with van der Waals surface area (Å²) in [5.41, 5.74) is 7.60. The van der Waals surface area contributed by atoms with Crippen molar-refractivity contribution < 1.29 is 9.84 Å². The van der Waals surface area contributed by atoms with Gasteiger partial charge in [0.1, 0.15) is 5.75 Å². The molecule has 0 bridgehead atoms. The van der Waals surface area contributed by atoms with Crippen molar-refractivity contribution in [1.82, 2.24) is 0 Å². The van der Waals surface area contributed by atoms with Crippen LogP contribution in [0.25, 0.3) is 0 Å². The van der Waals surface area contributed by atoms with E-state index >= 15 is 0 Å². The van der Waals surface area contributed by atoms with Crippen LogP contribution in [-0.4, -0.2) is 11.7 Å². The van der Waals surface area contributed by atoms with Crippen molar-refractivity contribution in [2.45, 2.75) is 19.1 Å². The fraction of sp³-hybridized carbons (Fsp3) is 0.400. The second-order valence-corrected chi connectivity index (χ2v) is 3.76. The topological polar surface area (TPSA) is 55.5 Å². The normalized spacial score (nSPS) is 20.1. The number of aliphatic hydroxyl groups is 1. The van der Waals surface area contributed by atoms with Gasteiger partial charge in [0.2, 0.25) is 0 Å². The molecule has 0 amide bonds. The van der Waals surface area contributed by atoms with Crippen LogP contribution >= 0.6 is 11.6 Å². The maximum atomic E-state index is 9.15. The molecule has 3 N–H and O–H groups in total. The largest absolute Gasteiger partial charge is 0.492 e. The number of hydrogen-bond donors (Lipinski definition) is 2. The predicted octanol–water partition coefficient (Wildman–Crippen LogP) is 1.61. The zero-order valence-electron chi connectivity index (χ0n) is 7.66. The minimum Gasteiger partial charge on any atom is -0.492 e. The summed E-state index contributed by atoms with van der Waals surface area (Å²) in [4.78, 5) is 0. The molecule has 2 rings (SSSR count). The first-order valence-electron chi connectivity index (χ1n) is 4.54. The molecule has 3 nitrogen and oxygen atoms in total. The lowest BCUT2D eigenvalue weighted by molar-refractivity contribution is 0.254. The van der Waals surface area contributed by atoms with Crippen LogP contribution in [0.2, 0.25) is 5.02 Å². The maximum Gasteiger partial charge on any atom is 0.143 e. The van der Waals surface area contributed by atoms with Gasteiger partial charge in [-0.25, -0.2) is 0 Å². The van der Waals surface area contributed by atoms with Gasteiger partial charge in [-0.15, -0.1) is 0 Å². The van der Waals surface area contributed by atoms with Crippen LogP contribution in [0.3, 0.4) is 0 Å². The first-order chi connectivity index (χ1) is 6.74. The number of halogens is 1. The Kier molecular flexibility index (Phi) is 2.63. The molecule has 1 aromatic carbocycles. The summed E-state index contributed by atoms with van der Waals surface area (Å²) >= 11 is 5.97. The molecule has 1 atom stereocenters. The van der Waals surface area contributed by atoms with Gasteiger partial charge in [-0.2, -0.15) is 0 Å². The van der Waals surface area contributed by atoms with Crippen LogP contribution in [-0.2, 0) is 6.61 Å². The molecule has 76 valence electrons. The number of fused-ring (bicyclic) bond motifs is 1. The van der Waals surface area contributed by atoms with Crippen molar-refractivity contribution in [3.8, 4) is 5.75 Å². The fourth-order valence-electron chi connectivity index (χ4n) is 1.74. The first kappa shape index (κ1) is 9.77. The number of rotatable bonds is 1. The molecule has 4 heteroatoms. The summed E-state index contributed by atoms with van der Waals surface area (Å²) in [6.07, 6.45) is 0.764. The van der Waals surface area contributed by atoms with Crippen molar-refractivity contribution >= 4 is 11.6 Å². The van der Waals surface area contributed by atoms with Crippen LogP contribution in [0.4, 0.5) is 0 Å². The van der Waals surface area contributed by atoms with E-state index in [1.165, 1.54) is 0 Å². The highest BCUT2D eigenvalue weighted by atomic mass is 35.5. The third-order valence-corrected chi connectivity index (χ3v) is 2.75. The van der Waals surface area contributed by atoms with E-state index in [1.54, 1.807) is 12.1 Å². The van der Waals surface area contributed by atoms with Gasteiger partial charge in [0.15, 0.2) is 0 Å². The third-order valence-electron chi connectivity index (χ3n) is 2.45. The zero-order chi connectivity index (χ0) is 10.1. The Morgan fingerprint density at radius 1 is 1.57 bits per heavy atom. The van der Waals surface area contributed by atoms with Crippen molar-refractivity contribution in [3.63, 3.8) is 0 Å². The van der Waals surface area contributed by atoms with Gasteiger partial charge in [-0.05, 0) is 11.6 Å². The predicted molar refractivity (Wildman–Crippen MR) is 54.4 cm³/mol. The highest BCUT2D eigenvalue weighted by Crippen LogP contribution is 2.38. The highest BCUT2D eigenvalue weighted by Gasteiger charge is 2.23. The van der Waals surface area contributed by atoms with Gasteiger partial charge >= 0.3 is 0 Å². The van der Waals surface area contributed by atoms with Gasteiger partial charge in [0.05, 0.1) is 18.2 Å².